The van der Waals surface area contributed by atoms with Crippen molar-refractivity contribution in [1.29, 1.82) is 5.26 Å². The van der Waals surface area contributed by atoms with Crippen LogP contribution in [0.1, 0.15) is 34.8 Å². The van der Waals surface area contributed by atoms with Gasteiger partial charge < -0.3 is 5.32 Å². The van der Waals surface area contributed by atoms with Crippen LogP contribution >= 0.6 is 0 Å². The summed E-state index contributed by atoms with van der Waals surface area (Å²) >= 11 is 0. The number of nitrogens with one attached hydrogen (secondary N) is 2. The number of halogens is 1. The molecule has 0 bridgehead atoms. The van der Waals surface area contributed by atoms with E-state index in [1.807, 2.05) is 18.2 Å². The lowest BCUT2D eigenvalue weighted by molar-refractivity contribution is -0.139. The fourth-order valence-corrected chi connectivity index (χ4v) is 3.87. The highest BCUT2D eigenvalue weighted by Crippen LogP contribution is 2.32. The summed E-state index contributed by atoms with van der Waals surface area (Å²) in [6, 6.07) is 12.5. The predicted octanol–water partition coefficient (Wildman–Crippen LogP) is 2.78. The number of allylic oxidation sites excluding steroid dienone is 2. The van der Waals surface area contributed by atoms with Gasteiger partial charge in [0, 0.05) is 11.1 Å². The second-order valence-corrected chi connectivity index (χ2v) is 7.41. The summed E-state index contributed by atoms with van der Waals surface area (Å²) < 4.78 is 14.0. The number of anilines is 1. The van der Waals surface area contributed by atoms with Crippen LogP contribution in [0.15, 0.2) is 60.7 Å². The smallest absolute Gasteiger partial charge is 0.252 e. The predicted molar refractivity (Wildman–Crippen MR) is 110 cm³/mol. The van der Waals surface area contributed by atoms with Gasteiger partial charge in [-0.05, 0) is 37.1 Å². The second-order valence-electron chi connectivity index (χ2n) is 7.41. The number of hydrogen-bond donors (Lipinski definition) is 2. The average Bonchev–Trinajstić information content (AvgIpc) is 2.80. The molecule has 3 amide bonds. The first-order valence-electron chi connectivity index (χ1n) is 9.84. The maximum atomic E-state index is 14.0. The molecule has 8 heteroatoms. The highest BCUT2D eigenvalue weighted by atomic mass is 19.1. The Morgan fingerprint density at radius 3 is 2.61 bits per heavy atom. The summed E-state index contributed by atoms with van der Waals surface area (Å²) in [5.74, 6) is -2.52. The zero-order valence-electron chi connectivity index (χ0n) is 16.4. The molecule has 1 fully saturated rings. The number of carbonyl (C=O) groups excluding carboxylic acids is 3. The fourth-order valence-electron chi connectivity index (χ4n) is 3.87. The average molecular weight is 418 g/mol. The molecule has 0 aromatic heterocycles. The van der Waals surface area contributed by atoms with E-state index >= 15 is 0 Å². The Morgan fingerprint density at radius 2 is 1.87 bits per heavy atom. The lowest BCUT2D eigenvalue weighted by Gasteiger charge is -2.38. The number of carbonyl (C=O) groups is 3. The molecule has 1 aliphatic carbocycles. The van der Waals surface area contributed by atoms with Crippen molar-refractivity contribution in [2.75, 3.05) is 5.01 Å². The van der Waals surface area contributed by atoms with E-state index in [1.54, 1.807) is 18.2 Å². The standard InChI is InChI=1S/C23H19FN4O3/c24-19-11-4-3-10-18(19)20(13-25)26-21(29)14-6-5-7-15(12-14)28-23(31)17-9-2-1-8-16(17)22(30)27-28/h1-7,10-12,16-17,20H,8-9H2,(H,26,29)(H,27,30). The van der Waals surface area contributed by atoms with E-state index in [0.717, 1.165) is 5.01 Å². The van der Waals surface area contributed by atoms with Crippen LogP contribution in [-0.2, 0) is 9.59 Å². The monoisotopic (exact) mass is 418 g/mol. The summed E-state index contributed by atoms with van der Waals surface area (Å²) in [6.45, 7) is 0. The lowest BCUT2D eigenvalue weighted by atomic mass is 9.80. The summed E-state index contributed by atoms with van der Waals surface area (Å²) in [6.07, 6.45) is 4.80. The van der Waals surface area contributed by atoms with Crippen LogP contribution in [-0.4, -0.2) is 17.7 Å². The number of benzene rings is 2. The molecule has 1 aliphatic heterocycles. The second kappa shape index (κ2) is 8.40. The third-order valence-electron chi connectivity index (χ3n) is 5.52. The van der Waals surface area contributed by atoms with Crippen molar-refractivity contribution < 1.29 is 18.8 Å². The Morgan fingerprint density at radius 1 is 1.13 bits per heavy atom. The first-order chi connectivity index (χ1) is 15.0. The first kappa shape index (κ1) is 20.3. The fraction of sp³-hybridized carbons (Fsp3) is 0.217. The Kier molecular flexibility index (Phi) is 5.50. The molecule has 2 aromatic carbocycles. The highest BCUT2D eigenvalue weighted by Gasteiger charge is 2.42. The molecule has 1 heterocycles. The molecule has 4 rings (SSSR count). The van der Waals surface area contributed by atoms with Crippen molar-refractivity contribution in [2.24, 2.45) is 11.8 Å². The Hall–Kier alpha value is -3.99. The minimum atomic E-state index is -1.18. The molecule has 2 aromatic rings. The van der Waals surface area contributed by atoms with E-state index in [0.29, 0.717) is 18.5 Å². The summed E-state index contributed by atoms with van der Waals surface area (Å²) in [4.78, 5) is 38.1. The Bertz CT molecular complexity index is 1120. The van der Waals surface area contributed by atoms with Gasteiger partial charge in [-0.15, -0.1) is 0 Å². The summed E-state index contributed by atoms with van der Waals surface area (Å²) in [7, 11) is 0. The number of fused-ring (bicyclic) bond motifs is 1. The van der Waals surface area contributed by atoms with Gasteiger partial charge in [0.05, 0.1) is 23.6 Å². The molecule has 0 radical (unpaired) electrons. The van der Waals surface area contributed by atoms with Crippen molar-refractivity contribution >= 4 is 23.4 Å². The maximum absolute atomic E-state index is 14.0. The molecule has 156 valence electrons. The molecule has 0 spiro atoms. The zero-order valence-corrected chi connectivity index (χ0v) is 16.4. The van der Waals surface area contributed by atoms with Crippen LogP contribution in [0.5, 0.6) is 0 Å². The summed E-state index contributed by atoms with van der Waals surface area (Å²) in [5.41, 5.74) is 3.17. The van der Waals surface area contributed by atoms with E-state index in [-0.39, 0.29) is 22.9 Å². The molecule has 7 nitrogen and oxygen atoms in total. The molecule has 2 aliphatic rings. The van der Waals surface area contributed by atoms with E-state index in [9.17, 15) is 24.0 Å². The molecule has 31 heavy (non-hydrogen) atoms. The molecular formula is C23H19FN4O3. The molecule has 3 unspecified atom stereocenters. The number of hydrogen-bond acceptors (Lipinski definition) is 4. The molecule has 1 saturated heterocycles. The third-order valence-corrected chi connectivity index (χ3v) is 5.52. The maximum Gasteiger partial charge on any atom is 0.252 e. The number of nitrogens with zero attached hydrogens (tertiary/aromatic N) is 2. The van der Waals surface area contributed by atoms with Crippen molar-refractivity contribution in [3.8, 4) is 6.07 Å². The normalized spacial score (nSPS) is 21.0. The van der Waals surface area contributed by atoms with Gasteiger partial charge in [-0.25, -0.2) is 9.40 Å². The quantitative estimate of drug-likeness (QED) is 0.746. The van der Waals surface area contributed by atoms with Crippen molar-refractivity contribution in [2.45, 2.75) is 18.9 Å². The molecule has 2 N–H and O–H groups in total. The van der Waals surface area contributed by atoms with Gasteiger partial charge in [-0.1, -0.05) is 36.4 Å². The SMILES string of the molecule is N#CC(NC(=O)c1cccc(N2NC(=O)C3CC=CCC3C2=O)c1)c1ccccc1F. The van der Waals surface area contributed by atoms with Gasteiger partial charge >= 0.3 is 0 Å². The Labute approximate surface area is 178 Å². The molecule has 0 saturated carbocycles. The lowest BCUT2D eigenvalue weighted by Crippen LogP contribution is -2.59. The van der Waals surface area contributed by atoms with Gasteiger partial charge in [-0.3, -0.25) is 19.8 Å². The molecule has 3 atom stereocenters. The van der Waals surface area contributed by atoms with Gasteiger partial charge in [-0.2, -0.15) is 5.26 Å². The molecular weight excluding hydrogens is 399 g/mol. The van der Waals surface area contributed by atoms with Gasteiger partial charge in [0.1, 0.15) is 11.9 Å². The van der Waals surface area contributed by atoms with Crippen molar-refractivity contribution in [3.63, 3.8) is 0 Å². The third kappa shape index (κ3) is 3.90. The number of hydrazine groups is 1. The first-order valence-corrected chi connectivity index (χ1v) is 9.84. The van der Waals surface area contributed by atoms with Crippen LogP contribution in [0.4, 0.5) is 10.1 Å². The summed E-state index contributed by atoms with van der Waals surface area (Å²) in [5, 5.41) is 13.1. The number of amides is 3. The van der Waals surface area contributed by atoms with Gasteiger partial charge in [0.2, 0.25) is 11.8 Å². The zero-order chi connectivity index (χ0) is 22.0. The Balaban J connectivity index is 1.55. The van der Waals surface area contributed by atoms with Crippen LogP contribution in [0.25, 0.3) is 0 Å². The van der Waals surface area contributed by atoms with E-state index in [1.165, 1.54) is 30.3 Å². The van der Waals surface area contributed by atoms with Gasteiger partial charge in [0.15, 0.2) is 0 Å². The van der Waals surface area contributed by atoms with Crippen molar-refractivity contribution in [1.82, 2.24) is 10.7 Å². The number of rotatable bonds is 4. The van der Waals surface area contributed by atoms with Crippen LogP contribution < -0.4 is 15.8 Å². The largest absolute Gasteiger partial charge is 0.332 e. The van der Waals surface area contributed by atoms with E-state index in [2.05, 4.69) is 10.7 Å². The van der Waals surface area contributed by atoms with Crippen LogP contribution in [0, 0.1) is 29.0 Å². The van der Waals surface area contributed by atoms with Crippen LogP contribution in [0.2, 0.25) is 0 Å². The van der Waals surface area contributed by atoms with E-state index < -0.39 is 29.6 Å². The minimum Gasteiger partial charge on any atom is -0.332 e. The minimum absolute atomic E-state index is 0.0596. The highest BCUT2D eigenvalue weighted by molar-refractivity contribution is 6.05. The van der Waals surface area contributed by atoms with Gasteiger partial charge in [0.25, 0.3) is 5.91 Å². The topological polar surface area (TPSA) is 102 Å². The number of nitriles is 1. The van der Waals surface area contributed by atoms with Crippen molar-refractivity contribution in [3.05, 3.63) is 77.6 Å². The van der Waals surface area contributed by atoms with E-state index in [4.69, 9.17) is 0 Å². The van der Waals surface area contributed by atoms with Crippen LogP contribution in [0.3, 0.4) is 0 Å².